The molecule has 0 unspecified atom stereocenters. The Hall–Kier alpha value is -1.91. The van der Waals surface area contributed by atoms with Gasteiger partial charge in [-0.15, -0.1) is 0 Å². The van der Waals surface area contributed by atoms with Gasteiger partial charge in [-0.2, -0.15) is 0 Å². The van der Waals surface area contributed by atoms with E-state index in [2.05, 4.69) is 5.32 Å². The van der Waals surface area contributed by atoms with Crippen LogP contribution < -0.4 is 5.32 Å². The zero-order valence-electron chi connectivity index (χ0n) is 8.08. The second kappa shape index (κ2) is 3.34. The molecule has 15 heavy (non-hydrogen) atoms. The zero-order valence-corrected chi connectivity index (χ0v) is 8.08. The Morgan fingerprint density at radius 3 is 2.87 bits per heavy atom. The molecule has 0 aromatic heterocycles. The van der Waals surface area contributed by atoms with Crippen LogP contribution in [0.3, 0.4) is 0 Å². The maximum atomic E-state index is 13.3. The maximum Gasteiger partial charge on any atom is 0.256 e. The van der Waals surface area contributed by atoms with Crippen LogP contribution in [0.2, 0.25) is 0 Å². The average molecular weight is 208 g/mol. The highest BCUT2D eigenvalue weighted by molar-refractivity contribution is 6.08. The number of hydrogen-bond acceptors (Lipinski definition) is 2. The van der Waals surface area contributed by atoms with Crippen molar-refractivity contribution in [3.05, 3.63) is 29.6 Å². The van der Waals surface area contributed by atoms with E-state index in [9.17, 15) is 14.0 Å². The number of fused-ring (bicyclic) bond motifs is 1. The molecule has 5 heteroatoms. The van der Waals surface area contributed by atoms with Gasteiger partial charge in [-0.25, -0.2) is 4.39 Å². The Balaban J connectivity index is 2.59. The smallest absolute Gasteiger partial charge is 0.256 e. The van der Waals surface area contributed by atoms with Crippen LogP contribution in [-0.2, 0) is 4.79 Å². The molecule has 1 aliphatic rings. The molecule has 1 aliphatic heterocycles. The number of anilines is 1. The predicted octanol–water partition coefficient (Wildman–Crippen LogP) is 0.850. The van der Waals surface area contributed by atoms with E-state index in [0.717, 1.165) is 0 Å². The van der Waals surface area contributed by atoms with Crippen molar-refractivity contribution >= 4 is 17.5 Å². The quantitative estimate of drug-likeness (QED) is 0.687. The molecule has 0 bridgehead atoms. The summed E-state index contributed by atoms with van der Waals surface area (Å²) < 4.78 is 13.3. The number of likely N-dealkylation sites (N-methyl/N-ethyl adjacent to an activating group) is 1. The molecule has 0 fully saturated rings. The lowest BCUT2D eigenvalue weighted by atomic mass is 10.1. The Morgan fingerprint density at radius 2 is 2.13 bits per heavy atom. The van der Waals surface area contributed by atoms with Crippen LogP contribution in [0.1, 0.15) is 10.4 Å². The molecule has 0 radical (unpaired) electrons. The number of amides is 2. The van der Waals surface area contributed by atoms with Crippen LogP contribution >= 0.6 is 0 Å². The molecule has 0 spiro atoms. The molecule has 2 rings (SSSR count). The largest absolute Gasteiger partial charge is 0.332 e. The normalized spacial score (nSPS) is 15.7. The Kier molecular flexibility index (Phi) is 2.15. The van der Waals surface area contributed by atoms with Gasteiger partial charge in [0.25, 0.3) is 5.91 Å². The summed E-state index contributed by atoms with van der Waals surface area (Å²) in [5.74, 6) is -1.35. The van der Waals surface area contributed by atoms with E-state index >= 15 is 0 Å². The van der Waals surface area contributed by atoms with E-state index in [1.54, 1.807) is 0 Å². The van der Waals surface area contributed by atoms with Crippen LogP contribution in [0.4, 0.5) is 10.1 Å². The van der Waals surface area contributed by atoms with Crippen molar-refractivity contribution in [3.8, 4) is 0 Å². The first-order valence-corrected chi connectivity index (χ1v) is 4.43. The minimum atomic E-state index is -0.593. The second-order valence-corrected chi connectivity index (χ2v) is 3.37. The third-order valence-corrected chi connectivity index (χ3v) is 2.24. The molecule has 1 aromatic rings. The number of benzene rings is 1. The number of para-hydroxylation sites is 1. The van der Waals surface area contributed by atoms with Crippen molar-refractivity contribution < 1.29 is 14.0 Å². The fourth-order valence-corrected chi connectivity index (χ4v) is 1.50. The summed E-state index contributed by atoms with van der Waals surface area (Å²) >= 11 is 0. The van der Waals surface area contributed by atoms with E-state index in [0.29, 0.717) is 0 Å². The fourth-order valence-electron chi connectivity index (χ4n) is 1.50. The van der Waals surface area contributed by atoms with Crippen molar-refractivity contribution in [2.75, 3.05) is 18.9 Å². The van der Waals surface area contributed by atoms with Gasteiger partial charge >= 0.3 is 0 Å². The zero-order chi connectivity index (χ0) is 11.0. The highest BCUT2D eigenvalue weighted by Crippen LogP contribution is 2.23. The molecule has 0 saturated heterocycles. The molecular weight excluding hydrogens is 199 g/mol. The van der Waals surface area contributed by atoms with Crippen molar-refractivity contribution in [1.29, 1.82) is 0 Å². The van der Waals surface area contributed by atoms with Crippen molar-refractivity contribution in [2.45, 2.75) is 0 Å². The van der Waals surface area contributed by atoms with Gasteiger partial charge < -0.3 is 10.2 Å². The lowest BCUT2D eigenvalue weighted by Gasteiger charge is -2.11. The standard InChI is InChI=1S/C10H9FN2O2/c1-13-5-8(14)12-9-6(10(13)15)3-2-4-7(9)11/h2-4H,5H2,1H3,(H,12,14). The number of carbonyl (C=O) groups excluding carboxylic acids is 2. The first-order chi connectivity index (χ1) is 7.09. The van der Waals surface area contributed by atoms with Gasteiger partial charge in [-0.1, -0.05) is 6.07 Å². The van der Waals surface area contributed by atoms with Crippen molar-refractivity contribution in [2.24, 2.45) is 0 Å². The predicted molar refractivity (Wildman–Crippen MR) is 52.0 cm³/mol. The highest BCUT2D eigenvalue weighted by Gasteiger charge is 2.25. The summed E-state index contributed by atoms with van der Waals surface area (Å²) in [6.07, 6.45) is 0. The van der Waals surface area contributed by atoms with Crippen molar-refractivity contribution in [1.82, 2.24) is 4.90 Å². The third kappa shape index (κ3) is 1.56. The van der Waals surface area contributed by atoms with Gasteiger partial charge in [0.15, 0.2) is 0 Å². The summed E-state index contributed by atoms with van der Waals surface area (Å²) in [7, 11) is 1.50. The topological polar surface area (TPSA) is 49.4 Å². The van der Waals surface area contributed by atoms with E-state index in [-0.39, 0.29) is 23.7 Å². The lowest BCUT2D eigenvalue weighted by molar-refractivity contribution is -0.116. The molecular formula is C10H9FN2O2. The molecule has 4 nitrogen and oxygen atoms in total. The van der Waals surface area contributed by atoms with E-state index in [1.165, 1.54) is 30.1 Å². The first kappa shape index (κ1) is 9.64. The molecule has 78 valence electrons. The van der Waals surface area contributed by atoms with Gasteiger partial charge in [0.05, 0.1) is 17.8 Å². The number of carbonyl (C=O) groups is 2. The number of halogens is 1. The lowest BCUT2D eigenvalue weighted by Crippen LogP contribution is -2.31. The fraction of sp³-hybridized carbons (Fsp3) is 0.200. The molecule has 1 heterocycles. The number of nitrogens with zero attached hydrogens (tertiary/aromatic N) is 1. The second-order valence-electron chi connectivity index (χ2n) is 3.37. The molecule has 2 amide bonds. The van der Waals surface area contributed by atoms with Gasteiger partial charge in [0, 0.05) is 7.05 Å². The average Bonchev–Trinajstić information content (AvgIpc) is 2.29. The molecule has 0 saturated carbocycles. The SMILES string of the molecule is CN1CC(=O)Nc2c(F)cccc2C1=O. The molecule has 0 aliphatic carbocycles. The van der Waals surface area contributed by atoms with Crippen LogP contribution in [0, 0.1) is 5.82 Å². The number of nitrogens with one attached hydrogen (secondary N) is 1. The molecule has 1 aromatic carbocycles. The van der Waals surface area contributed by atoms with E-state index in [1.807, 2.05) is 0 Å². The first-order valence-electron chi connectivity index (χ1n) is 4.43. The van der Waals surface area contributed by atoms with E-state index < -0.39 is 11.7 Å². The van der Waals surface area contributed by atoms with E-state index in [4.69, 9.17) is 0 Å². The Bertz CT molecular complexity index is 445. The Morgan fingerprint density at radius 1 is 1.40 bits per heavy atom. The Labute approximate surface area is 85.7 Å². The number of hydrogen-bond donors (Lipinski definition) is 1. The van der Waals surface area contributed by atoms with Crippen LogP contribution in [-0.4, -0.2) is 30.3 Å². The van der Waals surface area contributed by atoms with Gasteiger partial charge in [-0.3, -0.25) is 9.59 Å². The third-order valence-electron chi connectivity index (χ3n) is 2.24. The minimum absolute atomic E-state index is 0.0307. The minimum Gasteiger partial charge on any atom is -0.332 e. The van der Waals surface area contributed by atoms with Gasteiger partial charge in [0.1, 0.15) is 5.82 Å². The highest BCUT2D eigenvalue weighted by atomic mass is 19.1. The van der Waals surface area contributed by atoms with Crippen LogP contribution in [0.15, 0.2) is 18.2 Å². The molecule has 1 N–H and O–H groups in total. The molecule has 0 atom stereocenters. The van der Waals surface area contributed by atoms with Crippen LogP contribution in [0.25, 0.3) is 0 Å². The summed E-state index contributed by atoms with van der Waals surface area (Å²) in [6, 6.07) is 4.14. The van der Waals surface area contributed by atoms with Gasteiger partial charge in [-0.05, 0) is 12.1 Å². The summed E-state index contributed by atoms with van der Waals surface area (Å²) in [5, 5.41) is 2.38. The van der Waals surface area contributed by atoms with Gasteiger partial charge in [0.2, 0.25) is 5.91 Å². The summed E-state index contributed by atoms with van der Waals surface area (Å²) in [5.41, 5.74) is 0.153. The summed E-state index contributed by atoms with van der Waals surface area (Å²) in [4.78, 5) is 24.2. The maximum absolute atomic E-state index is 13.3. The van der Waals surface area contributed by atoms with Crippen LogP contribution in [0.5, 0.6) is 0 Å². The number of rotatable bonds is 0. The monoisotopic (exact) mass is 208 g/mol. The summed E-state index contributed by atoms with van der Waals surface area (Å²) in [6.45, 7) is -0.0625. The van der Waals surface area contributed by atoms with Crippen molar-refractivity contribution in [3.63, 3.8) is 0 Å².